The van der Waals surface area contributed by atoms with Gasteiger partial charge in [0, 0.05) is 25.0 Å². The fourth-order valence-electron chi connectivity index (χ4n) is 4.63. The number of aryl methyl sites for hydroxylation is 1. The lowest BCUT2D eigenvalue weighted by Crippen LogP contribution is -2.66. The number of ether oxygens (including phenoxy) is 1. The Balaban J connectivity index is 2.04. The average Bonchev–Trinajstić information content (AvgIpc) is 3.66. The van der Waals surface area contributed by atoms with Crippen molar-refractivity contribution in [2.75, 3.05) is 7.11 Å². The number of nitrogens with one attached hydrogen (secondary N) is 2. The molecular weight excluding hydrogens is 402 g/mol. The van der Waals surface area contributed by atoms with E-state index in [1.54, 1.807) is 7.11 Å². The first-order chi connectivity index (χ1) is 15.5. The van der Waals surface area contributed by atoms with Crippen molar-refractivity contribution in [3.63, 3.8) is 0 Å². The molecule has 1 aromatic heterocycles. The fourth-order valence-corrected chi connectivity index (χ4v) is 4.63. The molecule has 2 aromatic rings. The van der Waals surface area contributed by atoms with E-state index in [9.17, 15) is 15.6 Å². The summed E-state index contributed by atoms with van der Waals surface area (Å²) in [4.78, 5) is 0. The van der Waals surface area contributed by atoms with Crippen molar-refractivity contribution < 1.29 is 14.4 Å². The van der Waals surface area contributed by atoms with Gasteiger partial charge in [-0.25, -0.2) is 0 Å². The van der Waals surface area contributed by atoms with Crippen molar-refractivity contribution in [3.05, 3.63) is 76.8 Å². The first kappa shape index (κ1) is 21.3. The van der Waals surface area contributed by atoms with E-state index in [1.165, 1.54) is 0 Å². The molecule has 0 saturated heterocycles. The average molecular weight is 427 g/mol. The summed E-state index contributed by atoms with van der Waals surface area (Å²) >= 11 is 0. The van der Waals surface area contributed by atoms with Gasteiger partial charge in [-0.05, 0) is 36.4 Å². The largest absolute Gasteiger partial charge is 0.497 e. The Bertz CT molecular complexity index is 1210. The second kappa shape index (κ2) is 8.32. The molecule has 4 rings (SSSR count). The molecule has 32 heavy (non-hydrogen) atoms. The molecule has 0 spiro atoms. The zero-order chi connectivity index (χ0) is 22.9. The number of nitriles is 2. The van der Waals surface area contributed by atoms with Crippen LogP contribution in [0, 0.1) is 40.9 Å². The molecule has 1 fully saturated rings. The number of methoxy groups -OCH3 is 1. The number of rotatable bonds is 5. The van der Waals surface area contributed by atoms with E-state index < -0.39 is 17.7 Å². The highest BCUT2D eigenvalue weighted by atomic mass is 16.5. The third-order valence-corrected chi connectivity index (χ3v) is 6.36. The van der Waals surface area contributed by atoms with Gasteiger partial charge < -0.3 is 15.2 Å². The fraction of sp³-hybridized carbons (Fsp3) is 0.320. The third-order valence-electron chi connectivity index (χ3n) is 6.36. The quantitative estimate of drug-likeness (QED) is 0.386. The Morgan fingerprint density at radius 3 is 2.47 bits per heavy atom. The number of pyridine rings is 1. The molecule has 1 saturated carbocycles. The summed E-state index contributed by atoms with van der Waals surface area (Å²) in [5, 5.41) is 42.6. The normalized spacial score (nSPS) is 24.5. The van der Waals surface area contributed by atoms with Crippen LogP contribution in [0.1, 0.15) is 36.1 Å². The Hall–Kier alpha value is -3.90. The summed E-state index contributed by atoms with van der Waals surface area (Å²) in [7, 11) is 1.59. The Labute approximate surface area is 187 Å². The van der Waals surface area contributed by atoms with Gasteiger partial charge in [-0.1, -0.05) is 18.2 Å². The lowest BCUT2D eigenvalue weighted by atomic mass is 9.73. The molecule has 2 heterocycles. The molecule has 7 nitrogen and oxygen atoms in total. The Kier molecular flexibility index (Phi) is 5.55. The van der Waals surface area contributed by atoms with Gasteiger partial charge in [0.05, 0.1) is 30.4 Å². The van der Waals surface area contributed by atoms with E-state index in [0.717, 1.165) is 24.1 Å². The van der Waals surface area contributed by atoms with E-state index >= 15 is 0 Å². The molecular formula is C25H24N5O2+. The topological polar surface area (TPSA) is 117 Å². The van der Waals surface area contributed by atoms with Crippen LogP contribution in [-0.4, -0.2) is 23.8 Å². The monoisotopic (exact) mass is 426 g/mol. The van der Waals surface area contributed by atoms with Gasteiger partial charge >= 0.3 is 0 Å². The van der Waals surface area contributed by atoms with E-state index in [1.807, 2.05) is 66.2 Å². The summed E-state index contributed by atoms with van der Waals surface area (Å²) in [6.07, 6.45) is 3.56. The predicted molar refractivity (Wildman–Crippen MR) is 116 cm³/mol. The zero-order valence-corrected chi connectivity index (χ0v) is 18.0. The molecule has 0 radical (unpaired) electrons. The minimum Gasteiger partial charge on any atom is -0.497 e. The van der Waals surface area contributed by atoms with Crippen LogP contribution in [0.15, 0.2) is 65.5 Å². The summed E-state index contributed by atoms with van der Waals surface area (Å²) in [5.74, 6) is 2.20. The summed E-state index contributed by atoms with van der Waals surface area (Å²) in [5.41, 5.74) is 0.676. The molecule has 3 unspecified atom stereocenters. The Morgan fingerprint density at radius 1 is 1.22 bits per heavy atom. The van der Waals surface area contributed by atoms with Crippen LogP contribution in [0.4, 0.5) is 0 Å². The summed E-state index contributed by atoms with van der Waals surface area (Å²) < 4.78 is 7.29. The van der Waals surface area contributed by atoms with Crippen LogP contribution in [0.25, 0.3) is 0 Å². The number of nitrogens with zero attached hydrogens (tertiary/aromatic N) is 3. The highest BCUT2D eigenvalue weighted by Crippen LogP contribution is 2.52. The second-order valence-corrected chi connectivity index (χ2v) is 8.18. The van der Waals surface area contributed by atoms with E-state index in [0.29, 0.717) is 5.75 Å². The van der Waals surface area contributed by atoms with Gasteiger partial charge in [-0.2, -0.15) is 15.1 Å². The van der Waals surface area contributed by atoms with Gasteiger partial charge in [0.1, 0.15) is 17.4 Å². The minimum absolute atomic E-state index is 0.0544. The van der Waals surface area contributed by atoms with Crippen molar-refractivity contribution in [1.82, 2.24) is 5.32 Å². The van der Waals surface area contributed by atoms with Crippen molar-refractivity contribution in [3.8, 4) is 17.9 Å². The van der Waals surface area contributed by atoms with Gasteiger partial charge in [0.15, 0.2) is 11.9 Å². The van der Waals surface area contributed by atoms with Gasteiger partial charge in [-0.15, -0.1) is 0 Å². The highest BCUT2D eigenvalue weighted by Gasteiger charge is 2.61. The van der Waals surface area contributed by atoms with Crippen LogP contribution < -0.4 is 14.6 Å². The lowest BCUT2D eigenvalue weighted by Gasteiger charge is -2.43. The van der Waals surface area contributed by atoms with Gasteiger partial charge in [0.2, 0.25) is 11.8 Å². The summed E-state index contributed by atoms with van der Waals surface area (Å²) in [6, 6.07) is 16.8. The third kappa shape index (κ3) is 3.44. The van der Waals surface area contributed by atoms with Gasteiger partial charge in [0.25, 0.3) is 0 Å². The molecule has 0 amide bonds. The maximum absolute atomic E-state index is 12.1. The van der Waals surface area contributed by atoms with Crippen molar-refractivity contribution in [2.45, 2.75) is 37.5 Å². The molecule has 1 aliphatic carbocycles. The number of hydrogen-bond acceptors (Lipinski definition) is 6. The number of aromatic nitrogens is 1. The molecule has 7 heteroatoms. The smallest absolute Gasteiger partial charge is 0.217 e. The van der Waals surface area contributed by atoms with Crippen molar-refractivity contribution >= 4 is 5.87 Å². The molecule has 0 bridgehead atoms. The molecule has 1 aliphatic heterocycles. The predicted octanol–water partition coefficient (Wildman–Crippen LogP) is 2.79. The highest BCUT2D eigenvalue weighted by molar-refractivity contribution is 5.71. The number of aliphatic hydroxyl groups is 1. The molecule has 1 aromatic carbocycles. The maximum atomic E-state index is 12.1. The minimum atomic E-state index is -1.42. The van der Waals surface area contributed by atoms with Crippen LogP contribution in [0.3, 0.4) is 0 Å². The van der Waals surface area contributed by atoms with Crippen LogP contribution in [0.5, 0.6) is 5.75 Å². The zero-order valence-electron chi connectivity index (χ0n) is 18.0. The van der Waals surface area contributed by atoms with Gasteiger partial charge in [-0.3, -0.25) is 5.41 Å². The standard InChI is InChI=1S/C25H24N5O2/c1-16-5-3-4-12-30(16)24-22(17-6-10-20(32-2)11-7-17)21(15-28)23(18(13-26)14-27)29-25(24,31)19-8-9-19/h3-7,10-12,19,22,24,26,29,31H,8-9H2,1-2H3/q+1. The van der Waals surface area contributed by atoms with Crippen LogP contribution >= 0.6 is 0 Å². The van der Waals surface area contributed by atoms with Crippen molar-refractivity contribution in [1.29, 1.82) is 15.9 Å². The summed E-state index contributed by atoms with van der Waals surface area (Å²) in [6.45, 7) is 1.96. The van der Waals surface area contributed by atoms with Crippen LogP contribution in [0.2, 0.25) is 0 Å². The van der Waals surface area contributed by atoms with E-state index in [-0.39, 0.29) is 22.8 Å². The number of hydrogen-bond donors (Lipinski definition) is 3. The molecule has 160 valence electrons. The van der Waals surface area contributed by atoms with E-state index in [2.05, 4.69) is 17.3 Å². The number of benzene rings is 1. The molecule has 3 atom stereocenters. The molecule has 2 aliphatic rings. The van der Waals surface area contributed by atoms with Crippen molar-refractivity contribution in [2.24, 2.45) is 5.92 Å². The second-order valence-electron chi connectivity index (χ2n) is 8.18. The van der Waals surface area contributed by atoms with Crippen LogP contribution in [-0.2, 0) is 0 Å². The first-order valence-corrected chi connectivity index (χ1v) is 10.4. The number of allylic oxidation sites excluding steroid dienone is 2. The SMILES string of the molecule is COc1ccc(C2C(C#N)=C(C(=C=N)C#N)NC(O)(C3CC3)C2[n+]2ccccc2C)cc1. The first-order valence-electron chi connectivity index (χ1n) is 10.4. The van der Waals surface area contributed by atoms with E-state index in [4.69, 9.17) is 10.1 Å². The maximum Gasteiger partial charge on any atom is 0.217 e. The molecule has 3 N–H and O–H groups in total. The lowest BCUT2D eigenvalue weighted by molar-refractivity contribution is -0.747. The Morgan fingerprint density at radius 2 is 1.94 bits per heavy atom.